The van der Waals surface area contributed by atoms with Gasteiger partial charge in [-0.1, -0.05) is 88.7 Å². The fourth-order valence-corrected chi connectivity index (χ4v) is 9.32. The first-order valence-corrected chi connectivity index (χ1v) is 18.4. The molecule has 3 atom stereocenters. The number of carbonyl (C=O) groups is 1. The number of carboxylic acid groups (broad SMARTS) is 1. The molecule has 6 heteroatoms. The van der Waals surface area contributed by atoms with E-state index in [2.05, 4.69) is 116 Å². The number of imidazole rings is 1. The fourth-order valence-electron chi connectivity index (χ4n) is 9.32. The van der Waals surface area contributed by atoms with Crippen LogP contribution in [0.3, 0.4) is 0 Å². The number of aliphatic carboxylic acids is 1. The molecule has 1 fully saturated rings. The molecule has 1 heterocycles. The average Bonchev–Trinajstić information content (AvgIpc) is 3.46. The molecule has 0 bridgehead atoms. The normalized spacial score (nSPS) is 21.5. The Bertz CT molecular complexity index is 2010. The number of aryl methyl sites for hydroxylation is 1. The van der Waals surface area contributed by atoms with Crippen molar-refractivity contribution in [2.75, 3.05) is 19.0 Å². The van der Waals surface area contributed by atoms with E-state index in [0.29, 0.717) is 24.8 Å². The summed E-state index contributed by atoms with van der Waals surface area (Å²) in [6.07, 6.45) is 6.66. The molecule has 4 aromatic carbocycles. The molecule has 0 aliphatic heterocycles. The van der Waals surface area contributed by atoms with Crippen molar-refractivity contribution in [2.45, 2.75) is 90.5 Å². The number of carboxylic acids is 1. The van der Waals surface area contributed by atoms with Gasteiger partial charge in [0.1, 0.15) is 11.6 Å². The lowest BCUT2D eigenvalue weighted by atomic mass is 9.49. The van der Waals surface area contributed by atoms with Crippen LogP contribution in [0.2, 0.25) is 0 Å². The molecule has 7 rings (SSSR count). The number of hydrogen-bond donors (Lipinski definition) is 2. The largest absolute Gasteiger partial charge is 0.496 e. The Kier molecular flexibility index (Phi) is 9.23. The molecule has 1 aromatic heterocycles. The van der Waals surface area contributed by atoms with Crippen molar-refractivity contribution >= 4 is 22.7 Å². The summed E-state index contributed by atoms with van der Waals surface area (Å²) in [6, 6.07) is 30.8. The Morgan fingerprint density at radius 2 is 1.82 bits per heavy atom. The van der Waals surface area contributed by atoms with Crippen LogP contribution in [-0.4, -0.2) is 34.3 Å². The zero-order valence-electron chi connectivity index (χ0n) is 30.3. The van der Waals surface area contributed by atoms with Crippen molar-refractivity contribution in [2.24, 2.45) is 11.3 Å². The van der Waals surface area contributed by atoms with Crippen LogP contribution in [0.25, 0.3) is 33.5 Å². The Morgan fingerprint density at radius 1 is 1.00 bits per heavy atom. The molecule has 50 heavy (non-hydrogen) atoms. The third-order valence-electron chi connectivity index (χ3n) is 11.9. The molecular formula is C44H51N3O3. The van der Waals surface area contributed by atoms with Gasteiger partial charge in [-0.2, -0.15) is 0 Å². The van der Waals surface area contributed by atoms with Gasteiger partial charge in [-0.3, -0.25) is 4.79 Å². The van der Waals surface area contributed by atoms with E-state index in [1.807, 2.05) is 6.07 Å². The van der Waals surface area contributed by atoms with Gasteiger partial charge in [0.2, 0.25) is 0 Å². The molecule has 0 saturated heterocycles. The van der Waals surface area contributed by atoms with Crippen molar-refractivity contribution in [3.05, 3.63) is 102 Å². The van der Waals surface area contributed by atoms with Crippen LogP contribution < -0.4 is 10.1 Å². The smallest absolute Gasteiger partial charge is 0.303 e. The first kappa shape index (κ1) is 33.9. The zero-order chi connectivity index (χ0) is 35.0. The van der Waals surface area contributed by atoms with E-state index in [1.54, 1.807) is 18.2 Å². The predicted molar refractivity (Wildman–Crippen MR) is 204 cm³/mol. The van der Waals surface area contributed by atoms with E-state index in [0.717, 1.165) is 52.4 Å². The number of hydrogen-bond acceptors (Lipinski definition) is 4. The molecule has 2 aliphatic carbocycles. The molecule has 0 radical (unpaired) electrons. The van der Waals surface area contributed by atoms with Gasteiger partial charge in [-0.15, -0.1) is 0 Å². The second-order valence-corrected chi connectivity index (χ2v) is 15.5. The third-order valence-corrected chi connectivity index (χ3v) is 11.9. The Hall–Kier alpha value is -4.58. The average molecular weight is 670 g/mol. The second kappa shape index (κ2) is 13.6. The second-order valence-electron chi connectivity index (χ2n) is 15.5. The number of nitrogens with zero attached hydrogens (tertiary/aromatic N) is 2. The molecule has 6 nitrogen and oxygen atoms in total. The van der Waals surface area contributed by atoms with Crippen LogP contribution in [0.1, 0.15) is 88.8 Å². The lowest BCUT2D eigenvalue weighted by Crippen LogP contribution is -2.50. The van der Waals surface area contributed by atoms with Gasteiger partial charge in [-0.05, 0) is 107 Å². The number of fused-ring (bicyclic) bond motifs is 4. The van der Waals surface area contributed by atoms with Crippen LogP contribution in [0, 0.1) is 11.3 Å². The summed E-state index contributed by atoms with van der Waals surface area (Å²) in [5, 5.41) is 12.4. The van der Waals surface area contributed by atoms with Gasteiger partial charge in [0.05, 0.1) is 23.7 Å². The fraction of sp³-hybridized carbons (Fsp3) is 0.409. The molecule has 2 aliphatic rings. The maximum absolute atomic E-state index is 11.0. The van der Waals surface area contributed by atoms with E-state index < -0.39 is 5.97 Å². The summed E-state index contributed by atoms with van der Waals surface area (Å²) in [7, 11) is 1.71. The number of methoxy groups -OCH3 is 1. The van der Waals surface area contributed by atoms with Gasteiger partial charge >= 0.3 is 5.97 Å². The number of rotatable bonds is 11. The Balaban J connectivity index is 1.30. The highest BCUT2D eigenvalue weighted by molar-refractivity contribution is 5.86. The highest BCUT2D eigenvalue weighted by Gasteiger charge is 2.52. The topological polar surface area (TPSA) is 76.4 Å². The standard InChI is InChI=1S/C44H51N3O3/c1-29(2)31-14-19-36-33(25-31)16-21-40-43(3,22-10-23-44(36,40)4)28-47-38-20-15-32(30-11-7-6-8-12-30)26-37(38)46-42(47)35-18-17-34(27-39(35)50-5)45-24-9-13-41(48)49/h6-8,11-12,14-15,17-20,25-27,29,40,45H,9-10,13,16,21-24,28H2,1-5H3,(H,48,49)/t40-,43-,44+/m0/s1. The number of nitrogens with one attached hydrogen (secondary N) is 1. The number of aromatic nitrogens is 2. The number of anilines is 1. The maximum atomic E-state index is 11.0. The van der Waals surface area contributed by atoms with E-state index >= 15 is 0 Å². The maximum Gasteiger partial charge on any atom is 0.303 e. The molecule has 260 valence electrons. The van der Waals surface area contributed by atoms with Gasteiger partial charge in [0.25, 0.3) is 0 Å². The van der Waals surface area contributed by atoms with Crippen molar-refractivity contribution in [1.29, 1.82) is 0 Å². The Labute approximate surface area is 296 Å². The first-order valence-electron chi connectivity index (χ1n) is 18.4. The van der Waals surface area contributed by atoms with Crippen molar-refractivity contribution in [1.82, 2.24) is 9.55 Å². The van der Waals surface area contributed by atoms with Crippen LogP contribution >= 0.6 is 0 Å². The van der Waals surface area contributed by atoms with Crippen molar-refractivity contribution < 1.29 is 14.6 Å². The quantitative estimate of drug-likeness (QED) is 0.137. The van der Waals surface area contributed by atoms with Crippen molar-refractivity contribution in [3.8, 4) is 28.3 Å². The monoisotopic (exact) mass is 669 g/mol. The molecule has 0 amide bonds. The first-order chi connectivity index (χ1) is 24.1. The Morgan fingerprint density at radius 3 is 2.58 bits per heavy atom. The molecular weight excluding hydrogens is 619 g/mol. The van der Waals surface area contributed by atoms with Gasteiger partial charge in [0, 0.05) is 31.3 Å². The van der Waals surface area contributed by atoms with Crippen LogP contribution in [-0.2, 0) is 23.2 Å². The SMILES string of the molecule is COc1cc(NCCCC(=O)O)ccc1-c1nc2cc(-c3ccccc3)ccc2n1C[C@]1(C)CCC[C@]2(C)c3ccc(C(C)C)cc3CC[C@@H]12. The van der Waals surface area contributed by atoms with Gasteiger partial charge < -0.3 is 19.7 Å². The zero-order valence-corrected chi connectivity index (χ0v) is 30.3. The van der Waals surface area contributed by atoms with Crippen LogP contribution in [0.5, 0.6) is 5.75 Å². The predicted octanol–water partition coefficient (Wildman–Crippen LogP) is 10.5. The summed E-state index contributed by atoms with van der Waals surface area (Å²) in [5.41, 5.74) is 11.1. The number of ether oxygens (including phenoxy) is 1. The molecule has 2 N–H and O–H groups in total. The lowest BCUT2D eigenvalue weighted by molar-refractivity contribution is -0.137. The molecule has 0 spiro atoms. The van der Waals surface area contributed by atoms with Gasteiger partial charge in [0.15, 0.2) is 0 Å². The van der Waals surface area contributed by atoms with Gasteiger partial charge in [-0.25, -0.2) is 4.98 Å². The van der Waals surface area contributed by atoms with Crippen LogP contribution in [0.15, 0.2) is 84.9 Å². The molecule has 1 saturated carbocycles. The highest BCUT2D eigenvalue weighted by atomic mass is 16.5. The lowest BCUT2D eigenvalue weighted by Gasteiger charge is -2.56. The highest BCUT2D eigenvalue weighted by Crippen LogP contribution is 2.58. The van der Waals surface area contributed by atoms with Crippen molar-refractivity contribution in [3.63, 3.8) is 0 Å². The summed E-state index contributed by atoms with van der Waals surface area (Å²) in [6.45, 7) is 11.1. The van der Waals surface area contributed by atoms with E-state index in [9.17, 15) is 4.79 Å². The summed E-state index contributed by atoms with van der Waals surface area (Å²) in [4.78, 5) is 16.4. The van der Waals surface area contributed by atoms with E-state index in [1.165, 1.54) is 36.8 Å². The summed E-state index contributed by atoms with van der Waals surface area (Å²) >= 11 is 0. The minimum absolute atomic E-state index is 0.0702. The minimum Gasteiger partial charge on any atom is -0.496 e. The summed E-state index contributed by atoms with van der Waals surface area (Å²) < 4.78 is 8.50. The third kappa shape index (κ3) is 6.29. The molecule has 5 aromatic rings. The minimum atomic E-state index is -0.779. The van der Waals surface area contributed by atoms with Crippen LogP contribution in [0.4, 0.5) is 5.69 Å². The van der Waals surface area contributed by atoms with E-state index in [4.69, 9.17) is 14.8 Å². The number of benzene rings is 4. The molecule has 0 unspecified atom stereocenters. The van der Waals surface area contributed by atoms with E-state index in [-0.39, 0.29) is 17.3 Å². The summed E-state index contributed by atoms with van der Waals surface area (Å²) in [5.74, 6) is 1.98.